The topological polar surface area (TPSA) is 101 Å². The zero-order valence-corrected chi connectivity index (χ0v) is 20.0. The Bertz CT molecular complexity index is 1160. The molecular weight excluding hydrogens is 465 g/mol. The molecule has 8 nitrogen and oxygen atoms in total. The fourth-order valence-electron chi connectivity index (χ4n) is 3.47. The lowest BCUT2D eigenvalue weighted by molar-refractivity contribution is -0.137. The molecule has 0 saturated carbocycles. The Balaban J connectivity index is 1.89. The van der Waals surface area contributed by atoms with Crippen molar-refractivity contribution in [1.29, 1.82) is 0 Å². The Kier molecular flexibility index (Phi) is 8.57. The molecule has 0 radical (unpaired) electrons. The van der Waals surface area contributed by atoms with Crippen LogP contribution in [0.3, 0.4) is 0 Å². The molecule has 3 aromatic rings. The molecule has 3 rings (SSSR count). The summed E-state index contributed by atoms with van der Waals surface area (Å²) in [6, 6.07) is 6.42. The van der Waals surface area contributed by atoms with E-state index in [1.165, 1.54) is 13.2 Å². The maximum atomic E-state index is 13.3. The van der Waals surface area contributed by atoms with Crippen LogP contribution in [0.2, 0.25) is 0 Å². The van der Waals surface area contributed by atoms with Gasteiger partial charge in [0.2, 0.25) is 0 Å². The number of nitrogens with zero attached hydrogens (tertiary/aromatic N) is 2. The lowest BCUT2D eigenvalue weighted by Gasteiger charge is -2.20. The van der Waals surface area contributed by atoms with Gasteiger partial charge < -0.3 is 30.0 Å². The number of anilines is 2. The van der Waals surface area contributed by atoms with Crippen molar-refractivity contribution >= 4 is 22.4 Å². The molecule has 1 heterocycles. The standard InChI is InChI=1S/C24H29F3N4O4/c1-14(16-9-17(24(25,26)27)11-18(28)10-16)29-23-19-12-22(35-8-7-34-6-5-32-3)21(33-4)13-20(19)30-15(2)31-23/h9-14H,5-8,28H2,1-4H3,(H,29,30,31). The molecule has 1 unspecified atom stereocenters. The molecule has 1 aromatic heterocycles. The summed E-state index contributed by atoms with van der Waals surface area (Å²) in [5, 5.41) is 3.82. The van der Waals surface area contributed by atoms with E-state index in [1.807, 2.05) is 0 Å². The Morgan fingerprint density at radius 1 is 0.971 bits per heavy atom. The van der Waals surface area contributed by atoms with Crippen molar-refractivity contribution < 1.29 is 32.1 Å². The first-order chi connectivity index (χ1) is 16.6. The Morgan fingerprint density at radius 2 is 1.71 bits per heavy atom. The number of hydrogen-bond acceptors (Lipinski definition) is 8. The van der Waals surface area contributed by atoms with E-state index < -0.39 is 17.8 Å². The van der Waals surface area contributed by atoms with E-state index in [2.05, 4.69) is 15.3 Å². The number of nitrogen functional groups attached to an aromatic ring is 1. The highest BCUT2D eigenvalue weighted by Gasteiger charge is 2.31. The van der Waals surface area contributed by atoms with Gasteiger partial charge in [0.05, 0.1) is 44.1 Å². The van der Waals surface area contributed by atoms with Crippen molar-refractivity contribution in [2.45, 2.75) is 26.1 Å². The molecule has 1 atom stereocenters. The average Bonchev–Trinajstić information content (AvgIpc) is 2.80. The van der Waals surface area contributed by atoms with Gasteiger partial charge in [0.15, 0.2) is 11.5 Å². The Hall–Kier alpha value is -3.31. The van der Waals surface area contributed by atoms with Crippen LogP contribution in [0.15, 0.2) is 30.3 Å². The molecule has 2 aromatic carbocycles. The van der Waals surface area contributed by atoms with Crippen LogP contribution in [0.5, 0.6) is 11.5 Å². The number of benzene rings is 2. The first kappa shape index (κ1) is 26.3. The number of halogens is 3. The fourth-order valence-corrected chi connectivity index (χ4v) is 3.47. The van der Waals surface area contributed by atoms with Crippen molar-refractivity contribution in [3.05, 3.63) is 47.3 Å². The summed E-state index contributed by atoms with van der Waals surface area (Å²) in [5.41, 5.74) is 5.93. The molecule has 0 aliphatic carbocycles. The van der Waals surface area contributed by atoms with Gasteiger partial charge in [-0.3, -0.25) is 0 Å². The van der Waals surface area contributed by atoms with Gasteiger partial charge in [-0.1, -0.05) is 0 Å². The van der Waals surface area contributed by atoms with Crippen molar-refractivity contribution in [2.75, 3.05) is 51.7 Å². The highest BCUT2D eigenvalue weighted by molar-refractivity contribution is 5.92. The van der Waals surface area contributed by atoms with Crippen LogP contribution in [-0.4, -0.2) is 50.6 Å². The van der Waals surface area contributed by atoms with E-state index in [0.717, 1.165) is 12.1 Å². The highest BCUT2D eigenvalue weighted by Crippen LogP contribution is 2.36. The summed E-state index contributed by atoms with van der Waals surface area (Å²) in [7, 11) is 3.12. The number of ether oxygens (including phenoxy) is 4. The van der Waals surface area contributed by atoms with Gasteiger partial charge in [0, 0.05) is 24.2 Å². The number of nitrogens with one attached hydrogen (secondary N) is 1. The largest absolute Gasteiger partial charge is 0.493 e. The maximum Gasteiger partial charge on any atom is 0.416 e. The number of methoxy groups -OCH3 is 2. The second-order valence-electron chi connectivity index (χ2n) is 7.85. The summed E-state index contributed by atoms with van der Waals surface area (Å²) in [6.45, 7) is 5.03. The number of aromatic nitrogens is 2. The number of fused-ring (bicyclic) bond motifs is 1. The normalized spacial score (nSPS) is 12.5. The van der Waals surface area contributed by atoms with Gasteiger partial charge in [-0.25, -0.2) is 9.97 Å². The van der Waals surface area contributed by atoms with E-state index in [4.69, 9.17) is 24.7 Å². The van der Waals surface area contributed by atoms with Gasteiger partial charge in [0.1, 0.15) is 18.2 Å². The average molecular weight is 495 g/mol. The molecule has 0 saturated heterocycles. The van der Waals surface area contributed by atoms with E-state index in [9.17, 15) is 13.2 Å². The lowest BCUT2D eigenvalue weighted by atomic mass is 10.0. The fraction of sp³-hybridized carbons (Fsp3) is 0.417. The molecule has 0 spiro atoms. The molecule has 0 aliphatic heterocycles. The molecule has 0 aliphatic rings. The van der Waals surface area contributed by atoms with Crippen LogP contribution in [0.1, 0.15) is 29.9 Å². The molecule has 11 heteroatoms. The number of alkyl halides is 3. The third-order valence-corrected chi connectivity index (χ3v) is 5.17. The van der Waals surface area contributed by atoms with Crippen LogP contribution < -0.4 is 20.5 Å². The van der Waals surface area contributed by atoms with Gasteiger partial charge in [-0.2, -0.15) is 13.2 Å². The summed E-state index contributed by atoms with van der Waals surface area (Å²) >= 11 is 0. The van der Waals surface area contributed by atoms with E-state index in [1.54, 1.807) is 33.1 Å². The van der Waals surface area contributed by atoms with Gasteiger partial charge >= 0.3 is 6.18 Å². The smallest absolute Gasteiger partial charge is 0.416 e. The number of hydrogen-bond donors (Lipinski definition) is 2. The minimum atomic E-state index is -4.50. The molecular formula is C24H29F3N4O4. The summed E-state index contributed by atoms with van der Waals surface area (Å²) in [4.78, 5) is 8.94. The van der Waals surface area contributed by atoms with Crippen molar-refractivity contribution in [3.8, 4) is 11.5 Å². The van der Waals surface area contributed by atoms with Crippen molar-refractivity contribution in [2.24, 2.45) is 0 Å². The minimum absolute atomic E-state index is 0.0281. The Morgan fingerprint density at radius 3 is 2.40 bits per heavy atom. The molecule has 3 N–H and O–H groups in total. The summed E-state index contributed by atoms with van der Waals surface area (Å²) in [5.74, 6) is 1.87. The third-order valence-electron chi connectivity index (χ3n) is 5.17. The molecule has 35 heavy (non-hydrogen) atoms. The van der Waals surface area contributed by atoms with Crippen LogP contribution >= 0.6 is 0 Å². The summed E-state index contributed by atoms with van der Waals surface area (Å²) < 4.78 is 61.5. The predicted octanol–water partition coefficient (Wildman–Crippen LogP) is 4.76. The van der Waals surface area contributed by atoms with Crippen molar-refractivity contribution in [1.82, 2.24) is 9.97 Å². The van der Waals surface area contributed by atoms with E-state index in [-0.39, 0.29) is 12.3 Å². The molecule has 0 bridgehead atoms. The Labute approximate surface area is 201 Å². The summed E-state index contributed by atoms with van der Waals surface area (Å²) in [6.07, 6.45) is -4.50. The van der Waals surface area contributed by atoms with Crippen LogP contribution in [0.4, 0.5) is 24.7 Å². The quantitative estimate of drug-likeness (QED) is 0.291. The molecule has 0 amide bonds. The van der Waals surface area contributed by atoms with Gasteiger partial charge in [-0.15, -0.1) is 0 Å². The minimum Gasteiger partial charge on any atom is -0.493 e. The maximum absolute atomic E-state index is 13.3. The van der Waals surface area contributed by atoms with Crippen LogP contribution in [0.25, 0.3) is 10.9 Å². The second kappa shape index (κ2) is 11.4. The number of rotatable bonds is 11. The van der Waals surface area contributed by atoms with Gasteiger partial charge in [0.25, 0.3) is 0 Å². The first-order valence-corrected chi connectivity index (χ1v) is 10.9. The number of aryl methyl sites for hydroxylation is 1. The van der Waals surface area contributed by atoms with E-state index >= 15 is 0 Å². The van der Waals surface area contributed by atoms with Gasteiger partial charge in [-0.05, 0) is 43.7 Å². The zero-order chi connectivity index (χ0) is 25.6. The monoisotopic (exact) mass is 494 g/mol. The highest BCUT2D eigenvalue weighted by atomic mass is 19.4. The lowest BCUT2D eigenvalue weighted by Crippen LogP contribution is -2.13. The second-order valence-corrected chi connectivity index (χ2v) is 7.85. The third kappa shape index (κ3) is 6.86. The predicted molar refractivity (Wildman–Crippen MR) is 127 cm³/mol. The zero-order valence-electron chi connectivity index (χ0n) is 20.0. The van der Waals surface area contributed by atoms with Crippen molar-refractivity contribution in [3.63, 3.8) is 0 Å². The van der Waals surface area contributed by atoms with E-state index in [0.29, 0.717) is 59.4 Å². The van der Waals surface area contributed by atoms with Crippen LogP contribution in [0, 0.1) is 6.92 Å². The SMILES string of the molecule is COCCOCCOc1cc2c(NC(C)c3cc(N)cc(C(F)(F)F)c3)nc(C)nc2cc1OC. The molecule has 190 valence electrons. The first-order valence-electron chi connectivity index (χ1n) is 10.9. The molecule has 0 fully saturated rings. The van der Waals surface area contributed by atoms with Crippen LogP contribution in [-0.2, 0) is 15.7 Å². The number of nitrogens with two attached hydrogens (primary N) is 1.